The standard InChI is InChI=1S/C14H24N2O2/c17-14(10-15-11-4-1-2-5-11)16-8-9-18-13-7-3-6-12(13)16/h11-13,15H,1-10H2. The lowest BCUT2D eigenvalue weighted by atomic mass is 10.1. The summed E-state index contributed by atoms with van der Waals surface area (Å²) in [4.78, 5) is 14.4. The van der Waals surface area contributed by atoms with Gasteiger partial charge in [0, 0.05) is 12.6 Å². The molecule has 1 saturated heterocycles. The Morgan fingerprint density at radius 3 is 2.83 bits per heavy atom. The molecule has 2 unspecified atom stereocenters. The summed E-state index contributed by atoms with van der Waals surface area (Å²) >= 11 is 0. The maximum Gasteiger partial charge on any atom is 0.236 e. The van der Waals surface area contributed by atoms with Gasteiger partial charge in [0.1, 0.15) is 0 Å². The zero-order valence-electron chi connectivity index (χ0n) is 11.1. The average molecular weight is 252 g/mol. The van der Waals surface area contributed by atoms with Gasteiger partial charge in [-0.15, -0.1) is 0 Å². The number of fused-ring (bicyclic) bond motifs is 1. The van der Waals surface area contributed by atoms with Crippen LogP contribution >= 0.6 is 0 Å². The summed E-state index contributed by atoms with van der Waals surface area (Å²) in [6.07, 6.45) is 8.88. The van der Waals surface area contributed by atoms with Crippen LogP contribution in [0.5, 0.6) is 0 Å². The summed E-state index contributed by atoms with van der Waals surface area (Å²) in [6, 6.07) is 0.936. The molecule has 2 aliphatic carbocycles. The molecule has 102 valence electrons. The van der Waals surface area contributed by atoms with E-state index in [-0.39, 0.29) is 5.91 Å². The van der Waals surface area contributed by atoms with Crippen LogP contribution in [-0.2, 0) is 9.53 Å². The summed E-state index contributed by atoms with van der Waals surface area (Å²) in [5, 5.41) is 3.43. The summed E-state index contributed by atoms with van der Waals surface area (Å²) in [5.41, 5.74) is 0. The smallest absolute Gasteiger partial charge is 0.236 e. The highest BCUT2D eigenvalue weighted by atomic mass is 16.5. The Morgan fingerprint density at radius 1 is 1.17 bits per heavy atom. The second-order valence-electron chi connectivity index (χ2n) is 5.86. The third-order valence-electron chi connectivity index (χ3n) is 4.70. The van der Waals surface area contributed by atoms with Crippen molar-refractivity contribution in [2.45, 2.75) is 63.1 Å². The normalized spacial score (nSPS) is 32.8. The van der Waals surface area contributed by atoms with Crippen molar-refractivity contribution in [3.63, 3.8) is 0 Å². The molecule has 2 saturated carbocycles. The highest BCUT2D eigenvalue weighted by molar-refractivity contribution is 5.78. The number of morpholine rings is 1. The lowest BCUT2D eigenvalue weighted by Crippen LogP contribution is -2.53. The SMILES string of the molecule is O=C(CNC1CCCC1)N1CCOC2CCCC21. The van der Waals surface area contributed by atoms with Crippen molar-refractivity contribution in [3.05, 3.63) is 0 Å². The molecular formula is C14H24N2O2. The predicted molar refractivity (Wildman–Crippen MR) is 69.4 cm³/mol. The fraction of sp³-hybridized carbons (Fsp3) is 0.929. The minimum absolute atomic E-state index is 0.280. The molecule has 1 N–H and O–H groups in total. The van der Waals surface area contributed by atoms with Gasteiger partial charge in [-0.2, -0.15) is 0 Å². The molecule has 1 heterocycles. The van der Waals surface area contributed by atoms with Crippen molar-refractivity contribution >= 4 is 5.91 Å². The molecule has 2 atom stereocenters. The molecule has 4 heteroatoms. The first kappa shape index (κ1) is 12.4. The van der Waals surface area contributed by atoms with E-state index in [2.05, 4.69) is 10.2 Å². The molecule has 3 rings (SSSR count). The number of carbonyl (C=O) groups is 1. The van der Waals surface area contributed by atoms with E-state index in [1.807, 2.05) is 0 Å². The predicted octanol–water partition coefficient (Wildman–Crippen LogP) is 1.30. The molecule has 18 heavy (non-hydrogen) atoms. The van der Waals surface area contributed by atoms with E-state index in [0.717, 1.165) is 26.0 Å². The van der Waals surface area contributed by atoms with Crippen LogP contribution in [0.25, 0.3) is 0 Å². The zero-order chi connectivity index (χ0) is 12.4. The van der Waals surface area contributed by atoms with Gasteiger partial charge >= 0.3 is 0 Å². The quantitative estimate of drug-likeness (QED) is 0.823. The Morgan fingerprint density at radius 2 is 2.00 bits per heavy atom. The van der Waals surface area contributed by atoms with E-state index < -0.39 is 0 Å². The van der Waals surface area contributed by atoms with Gasteiger partial charge in [-0.05, 0) is 32.1 Å². The number of rotatable bonds is 3. The van der Waals surface area contributed by atoms with Crippen LogP contribution in [0.4, 0.5) is 0 Å². The van der Waals surface area contributed by atoms with Gasteiger partial charge in [0.05, 0.1) is 25.3 Å². The number of nitrogens with one attached hydrogen (secondary N) is 1. The van der Waals surface area contributed by atoms with Gasteiger partial charge in [-0.3, -0.25) is 4.79 Å². The number of hydrogen-bond acceptors (Lipinski definition) is 3. The molecule has 3 fully saturated rings. The third kappa shape index (κ3) is 2.54. The Balaban J connectivity index is 1.51. The Hall–Kier alpha value is -0.610. The van der Waals surface area contributed by atoms with Gasteiger partial charge in [0.15, 0.2) is 0 Å². The van der Waals surface area contributed by atoms with Crippen molar-refractivity contribution < 1.29 is 9.53 Å². The lowest BCUT2D eigenvalue weighted by molar-refractivity contribution is -0.143. The fourth-order valence-electron chi connectivity index (χ4n) is 3.70. The molecule has 0 bridgehead atoms. The number of carbonyl (C=O) groups excluding carboxylic acids is 1. The van der Waals surface area contributed by atoms with Crippen LogP contribution in [0.15, 0.2) is 0 Å². The molecule has 0 aromatic carbocycles. The summed E-state index contributed by atoms with van der Waals surface area (Å²) in [6.45, 7) is 2.02. The highest BCUT2D eigenvalue weighted by Crippen LogP contribution is 2.29. The number of hydrogen-bond donors (Lipinski definition) is 1. The molecule has 0 aromatic rings. The van der Waals surface area contributed by atoms with Gasteiger partial charge in [-0.1, -0.05) is 12.8 Å². The van der Waals surface area contributed by atoms with Gasteiger partial charge in [0.25, 0.3) is 0 Å². The van der Waals surface area contributed by atoms with Crippen LogP contribution in [0.3, 0.4) is 0 Å². The monoisotopic (exact) mass is 252 g/mol. The maximum atomic E-state index is 12.3. The summed E-state index contributed by atoms with van der Waals surface area (Å²) in [7, 11) is 0. The van der Waals surface area contributed by atoms with Gasteiger partial charge in [0.2, 0.25) is 5.91 Å². The van der Waals surface area contributed by atoms with Crippen molar-refractivity contribution in [2.75, 3.05) is 19.7 Å². The van der Waals surface area contributed by atoms with Crippen LogP contribution in [0, 0.1) is 0 Å². The Kier molecular flexibility index (Phi) is 3.85. The van der Waals surface area contributed by atoms with Gasteiger partial charge < -0.3 is 15.0 Å². The van der Waals surface area contributed by atoms with Crippen LogP contribution in [0.1, 0.15) is 44.9 Å². The topological polar surface area (TPSA) is 41.6 Å². The van der Waals surface area contributed by atoms with E-state index >= 15 is 0 Å². The highest BCUT2D eigenvalue weighted by Gasteiger charge is 2.38. The van der Waals surface area contributed by atoms with Gasteiger partial charge in [-0.25, -0.2) is 0 Å². The molecule has 0 aromatic heterocycles. The van der Waals surface area contributed by atoms with E-state index in [9.17, 15) is 4.79 Å². The van der Waals surface area contributed by atoms with E-state index in [1.165, 1.54) is 32.1 Å². The zero-order valence-corrected chi connectivity index (χ0v) is 11.1. The van der Waals surface area contributed by atoms with Crippen molar-refractivity contribution in [1.82, 2.24) is 10.2 Å². The third-order valence-corrected chi connectivity index (χ3v) is 4.70. The average Bonchev–Trinajstić information content (AvgIpc) is 3.05. The molecule has 4 nitrogen and oxygen atoms in total. The second kappa shape index (κ2) is 5.57. The minimum Gasteiger partial charge on any atom is -0.374 e. The summed E-state index contributed by atoms with van der Waals surface area (Å²) < 4.78 is 5.75. The van der Waals surface area contributed by atoms with Crippen LogP contribution in [-0.4, -0.2) is 48.7 Å². The van der Waals surface area contributed by atoms with Crippen molar-refractivity contribution in [2.24, 2.45) is 0 Å². The maximum absolute atomic E-state index is 12.3. The minimum atomic E-state index is 0.280. The van der Waals surface area contributed by atoms with E-state index in [1.54, 1.807) is 0 Å². The number of amides is 1. The summed E-state index contributed by atoms with van der Waals surface area (Å²) in [5.74, 6) is 0.280. The molecule has 0 spiro atoms. The van der Waals surface area contributed by atoms with Crippen LogP contribution in [0.2, 0.25) is 0 Å². The number of nitrogens with zero attached hydrogens (tertiary/aromatic N) is 1. The second-order valence-corrected chi connectivity index (χ2v) is 5.86. The lowest BCUT2D eigenvalue weighted by Gasteiger charge is -2.38. The van der Waals surface area contributed by atoms with E-state index in [0.29, 0.717) is 24.7 Å². The molecule has 1 amide bonds. The van der Waals surface area contributed by atoms with Crippen molar-refractivity contribution in [1.29, 1.82) is 0 Å². The molecule has 1 aliphatic heterocycles. The van der Waals surface area contributed by atoms with Crippen LogP contribution < -0.4 is 5.32 Å². The Labute approximate surface area is 109 Å². The Bertz CT molecular complexity index is 302. The number of ether oxygens (including phenoxy) is 1. The molecule has 3 aliphatic rings. The van der Waals surface area contributed by atoms with Crippen molar-refractivity contribution in [3.8, 4) is 0 Å². The molecule has 0 radical (unpaired) electrons. The fourth-order valence-corrected chi connectivity index (χ4v) is 3.70. The first-order chi connectivity index (χ1) is 8.84. The first-order valence-electron chi connectivity index (χ1n) is 7.49. The first-order valence-corrected chi connectivity index (χ1v) is 7.49. The largest absolute Gasteiger partial charge is 0.374 e. The van der Waals surface area contributed by atoms with E-state index in [4.69, 9.17) is 4.74 Å². The molecular weight excluding hydrogens is 228 g/mol.